The van der Waals surface area contributed by atoms with Gasteiger partial charge in [-0.15, -0.1) is 0 Å². The molecule has 1 N–H and O–H groups in total. The molecule has 3 heterocycles. The Morgan fingerprint density at radius 3 is 1.79 bits per heavy atom. The van der Waals surface area contributed by atoms with Crippen molar-refractivity contribution >= 4 is 88.5 Å². The lowest BCUT2D eigenvalue weighted by Gasteiger charge is -2.04. The molecule has 0 spiro atoms. The predicted molar refractivity (Wildman–Crippen MR) is 232 cm³/mol. The van der Waals surface area contributed by atoms with Crippen LogP contribution in [0.3, 0.4) is 0 Å². The van der Waals surface area contributed by atoms with Crippen molar-refractivity contribution in [2.24, 2.45) is 5.11 Å². The number of ether oxygens (including phenoxy) is 2. The van der Waals surface area contributed by atoms with Crippen molar-refractivity contribution in [3.8, 4) is 17.2 Å². The Morgan fingerprint density at radius 1 is 0.625 bits per heavy atom. The van der Waals surface area contributed by atoms with Gasteiger partial charge in [0.05, 0.1) is 19.9 Å². The first kappa shape index (κ1) is 42.9. The van der Waals surface area contributed by atoms with Gasteiger partial charge in [-0.05, 0) is 134 Å². The number of hydrogen-bond donors (Lipinski definition) is 1. The van der Waals surface area contributed by atoms with Crippen LogP contribution < -0.4 is 9.47 Å². The zero-order valence-electron chi connectivity index (χ0n) is 30.7. The molecule has 284 valence electrons. The molecular weight excluding hydrogens is 790 g/mol. The van der Waals surface area contributed by atoms with Gasteiger partial charge in [0.2, 0.25) is 0 Å². The molecular formula is C43H36Cl4N6O3. The first-order valence-electron chi connectivity index (χ1n) is 16.7. The summed E-state index contributed by atoms with van der Waals surface area (Å²) in [5, 5.41) is 15.6. The van der Waals surface area contributed by atoms with Gasteiger partial charge in [-0.1, -0.05) is 81.9 Å². The summed E-state index contributed by atoms with van der Waals surface area (Å²) in [5.74, 6) is 1.52. The van der Waals surface area contributed by atoms with E-state index in [1.54, 1.807) is 50.8 Å². The number of aromatic hydroxyl groups is 1. The van der Waals surface area contributed by atoms with E-state index in [1.807, 2.05) is 111 Å². The van der Waals surface area contributed by atoms with E-state index in [2.05, 4.69) is 25.0 Å². The normalized spacial score (nSPS) is 10.7. The number of benzene rings is 3. The Hall–Kier alpha value is -5.80. The summed E-state index contributed by atoms with van der Waals surface area (Å²) in [6.45, 7) is 3.86. The van der Waals surface area contributed by atoms with Crippen LogP contribution in [0, 0.1) is 13.8 Å². The zero-order chi connectivity index (χ0) is 40.5. The first-order chi connectivity index (χ1) is 27.0. The lowest BCUT2D eigenvalue weighted by Crippen LogP contribution is -1.92. The largest absolute Gasteiger partial charge is 0.507 e. The van der Waals surface area contributed by atoms with Crippen molar-refractivity contribution in [2.45, 2.75) is 13.8 Å². The van der Waals surface area contributed by atoms with E-state index in [9.17, 15) is 5.11 Å². The summed E-state index contributed by atoms with van der Waals surface area (Å²) in [7, 11) is 3.24. The predicted octanol–water partition coefficient (Wildman–Crippen LogP) is 13.7. The molecule has 6 rings (SSSR count). The third kappa shape index (κ3) is 14.1. The van der Waals surface area contributed by atoms with Crippen molar-refractivity contribution in [3.63, 3.8) is 0 Å². The molecule has 0 atom stereocenters. The summed E-state index contributed by atoms with van der Waals surface area (Å²) in [5.41, 5.74) is 15.4. The Morgan fingerprint density at radius 2 is 1.21 bits per heavy atom. The van der Waals surface area contributed by atoms with E-state index >= 15 is 0 Å². The van der Waals surface area contributed by atoms with E-state index in [1.165, 1.54) is 6.07 Å². The Balaban J connectivity index is 0.000000187. The van der Waals surface area contributed by atoms with Gasteiger partial charge in [0, 0.05) is 53.8 Å². The maximum atomic E-state index is 9.80. The van der Waals surface area contributed by atoms with Crippen LogP contribution in [-0.4, -0.2) is 34.3 Å². The van der Waals surface area contributed by atoms with E-state index in [0.29, 0.717) is 31.3 Å². The smallest absolute Gasteiger partial charge is 0.144 e. The molecule has 0 saturated heterocycles. The number of phenolic OH excluding ortho intramolecular Hbond substituents is 1. The molecule has 0 radical (unpaired) electrons. The number of hydrogen-bond acceptors (Lipinski definition) is 7. The van der Waals surface area contributed by atoms with Gasteiger partial charge in [0.1, 0.15) is 28.6 Å². The zero-order valence-corrected chi connectivity index (χ0v) is 33.8. The third-order valence-electron chi connectivity index (χ3n) is 7.42. The van der Waals surface area contributed by atoms with Crippen LogP contribution in [0.25, 0.3) is 46.9 Å². The van der Waals surface area contributed by atoms with Gasteiger partial charge < -0.3 is 14.6 Å². The van der Waals surface area contributed by atoms with E-state index in [4.69, 9.17) is 61.4 Å². The van der Waals surface area contributed by atoms with Gasteiger partial charge in [0.15, 0.2) is 0 Å². The minimum Gasteiger partial charge on any atom is -0.507 e. The van der Waals surface area contributed by atoms with Crippen LogP contribution in [-0.2, 0) is 0 Å². The number of azide groups is 1. The van der Waals surface area contributed by atoms with Gasteiger partial charge >= 0.3 is 0 Å². The van der Waals surface area contributed by atoms with E-state index in [0.717, 1.165) is 51.1 Å². The van der Waals surface area contributed by atoms with Gasteiger partial charge in [-0.3, -0.25) is 9.97 Å². The number of phenols is 1. The quantitative estimate of drug-likeness (QED) is 0.0879. The second-order valence-corrected chi connectivity index (χ2v) is 13.4. The maximum absolute atomic E-state index is 9.80. The average molecular weight is 827 g/mol. The number of aromatic nitrogens is 3. The molecule has 56 heavy (non-hydrogen) atoms. The van der Waals surface area contributed by atoms with E-state index in [-0.39, 0.29) is 5.75 Å². The second-order valence-electron chi connectivity index (χ2n) is 11.7. The molecule has 0 unspecified atom stereocenters. The molecule has 0 amide bonds. The summed E-state index contributed by atoms with van der Waals surface area (Å²) in [6, 6.07) is 28.7. The molecule has 0 aliphatic heterocycles. The molecule has 3 aromatic heterocycles. The van der Waals surface area contributed by atoms with Gasteiger partial charge in [-0.25, -0.2) is 4.98 Å². The van der Waals surface area contributed by atoms with Crippen molar-refractivity contribution in [1.29, 1.82) is 0 Å². The highest BCUT2D eigenvalue weighted by atomic mass is 35.5. The maximum Gasteiger partial charge on any atom is 0.144 e. The standard InChI is InChI=1S/C15H13Cl2NO.C14H11Cl2NO.C14H12N4O/c1-10-3-6-15(19-2)14(18-10)5-4-11-7-12(16)9-13(17)8-11;1-18-14-3-2-6-17-13(14)5-4-10-7-11(15)9-12(16)8-10;1-10-3-2-4-12(16-10)7-5-11-6-8-13(17-18-15)9-14(11)19/h3-9H,1-2H3;2-9H,1H3;2-9,19H,1H3. The van der Waals surface area contributed by atoms with Crippen LogP contribution in [0.2, 0.25) is 20.1 Å². The van der Waals surface area contributed by atoms with Crippen LogP contribution in [0.4, 0.5) is 5.69 Å². The molecule has 6 aromatic rings. The molecule has 13 heteroatoms. The summed E-state index contributed by atoms with van der Waals surface area (Å²) >= 11 is 23.8. The number of aryl methyl sites for hydroxylation is 2. The summed E-state index contributed by atoms with van der Waals surface area (Å²) < 4.78 is 10.5. The number of pyridine rings is 3. The monoisotopic (exact) mass is 824 g/mol. The molecule has 9 nitrogen and oxygen atoms in total. The summed E-state index contributed by atoms with van der Waals surface area (Å²) in [6.07, 6.45) is 12.8. The highest BCUT2D eigenvalue weighted by Gasteiger charge is 2.03. The van der Waals surface area contributed by atoms with Crippen LogP contribution in [0.15, 0.2) is 108 Å². The Kier molecular flexibility index (Phi) is 16.8. The third-order valence-corrected chi connectivity index (χ3v) is 8.29. The second kappa shape index (κ2) is 21.9. The molecule has 0 aliphatic rings. The van der Waals surface area contributed by atoms with E-state index < -0.39 is 0 Å². The fourth-order valence-corrected chi connectivity index (χ4v) is 5.95. The fraction of sp³-hybridized carbons (Fsp3) is 0.0930. The molecule has 3 aromatic carbocycles. The topological polar surface area (TPSA) is 126 Å². The lowest BCUT2D eigenvalue weighted by molar-refractivity contribution is 0.411. The van der Waals surface area contributed by atoms with Crippen LogP contribution in [0.1, 0.15) is 45.2 Å². The van der Waals surface area contributed by atoms with Gasteiger partial charge in [-0.2, -0.15) is 0 Å². The minimum absolute atomic E-state index is 0.0637. The molecule has 0 saturated carbocycles. The van der Waals surface area contributed by atoms with Crippen LogP contribution in [0.5, 0.6) is 17.2 Å². The first-order valence-corrected chi connectivity index (χ1v) is 18.3. The number of halogens is 4. The molecule has 0 aliphatic carbocycles. The van der Waals surface area contributed by atoms with Crippen molar-refractivity contribution < 1.29 is 14.6 Å². The number of methoxy groups -OCH3 is 2. The SMILES string of the molecule is COc1ccc(C)nc1C=Cc1cc(Cl)cc(Cl)c1.COc1cccnc1C=Cc1cc(Cl)cc(Cl)c1.Cc1cccc(C=Cc2ccc(N=[N+]=[N-])cc2O)n1. The van der Waals surface area contributed by atoms with Crippen molar-refractivity contribution in [3.05, 3.63) is 179 Å². The highest BCUT2D eigenvalue weighted by molar-refractivity contribution is 6.35. The van der Waals surface area contributed by atoms with Crippen LogP contribution >= 0.6 is 46.4 Å². The van der Waals surface area contributed by atoms with Crippen molar-refractivity contribution in [1.82, 2.24) is 15.0 Å². The number of nitrogens with zero attached hydrogens (tertiary/aromatic N) is 6. The Bertz CT molecular complexity index is 2370. The highest BCUT2D eigenvalue weighted by Crippen LogP contribution is 2.27. The number of rotatable bonds is 9. The molecule has 0 fully saturated rings. The lowest BCUT2D eigenvalue weighted by atomic mass is 10.1. The fourth-order valence-electron chi connectivity index (χ4n) is 4.87. The van der Waals surface area contributed by atoms with Crippen molar-refractivity contribution in [2.75, 3.05) is 14.2 Å². The average Bonchev–Trinajstić information content (AvgIpc) is 3.16. The Labute approximate surface area is 345 Å². The van der Waals surface area contributed by atoms with Gasteiger partial charge in [0.25, 0.3) is 0 Å². The molecule has 0 bridgehead atoms. The minimum atomic E-state index is 0.0637. The summed E-state index contributed by atoms with van der Waals surface area (Å²) in [4.78, 5) is 15.7.